The molecule has 6 heteroatoms. The van der Waals surface area contributed by atoms with Crippen LogP contribution >= 0.6 is 0 Å². The molecule has 0 aromatic heterocycles. The van der Waals surface area contributed by atoms with Crippen molar-refractivity contribution in [2.45, 2.75) is 38.8 Å². The van der Waals surface area contributed by atoms with Crippen molar-refractivity contribution in [1.29, 1.82) is 0 Å². The third kappa shape index (κ3) is 4.52. The summed E-state index contributed by atoms with van der Waals surface area (Å²) in [7, 11) is 1.45. The number of ether oxygens (including phenoxy) is 2. The van der Waals surface area contributed by atoms with Crippen LogP contribution < -0.4 is 9.47 Å². The van der Waals surface area contributed by atoms with Gasteiger partial charge in [-0.15, -0.1) is 0 Å². The van der Waals surface area contributed by atoms with Crippen molar-refractivity contribution in [3.63, 3.8) is 0 Å². The molecule has 0 aliphatic heterocycles. The van der Waals surface area contributed by atoms with Crippen LogP contribution in [-0.4, -0.2) is 19.3 Å². The molecule has 1 aromatic carbocycles. The normalized spacial score (nSPS) is 21.7. The van der Waals surface area contributed by atoms with E-state index in [-0.39, 0.29) is 18.6 Å². The lowest BCUT2D eigenvalue weighted by molar-refractivity contribution is -0.187. The Balaban J connectivity index is 2.09. The van der Waals surface area contributed by atoms with E-state index in [1.165, 1.54) is 7.11 Å². The SMILES string of the molecule is C/C=C/c1ccc(OC(=O)C2CCCC(C(F)(F)F)C2)c(OC)c1. The highest BCUT2D eigenvalue weighted by Crippen LogP contribution is 2.40. The first-order chi connectivity index (χ1) is 11.3. The van der Waals surface area contributed by atoms with Crippen LogP contribution in [0, 0.1) is 11.8 Å². The van der Waals surface area contributed by atoms with Gasteiger partial charge in [-0.3, -0.25) is 4.79 Å². The molecule has 24 heavy (non-hydrogen) atoms. The van der Waals surface area contributed by atoms with E-state index in [1.54, 1.807) is 18.2 Å². The Bertz CT molecular complexity index is 608. The summed E-state index contributed by atoms with van der Waals surface area (Å²) in [6.07, 6.45) is 0.134. The number of carbonyl (C=O) groups is 1. The van der Waals surface area contributed by atoms with E-state index in [4.69, 9.17) is 9.47 Å². The third-order valence-electron chi connectivity index (χ3n) is 4.23. The molecule has 2 atom stereocenters. The first kappa shape index (κ1) is 18.4. The van der Waals surface area contributed by atoms with Crippen molar-refractivity contribution >= 4 is 12.0 Å². The van der Waals surface area contributed by atoms with Gasteiger partial charge >= 0.3 is 12.1 Å². The van der Waals surface area contributed by atoms with E-state index in [0.717, 1.165) is 5.56 Å². The number of methoxy groups -OCH3 is 1. The van der Waals surface area contributed by atoms with Crippen molar-refractivity contribution in [2.75, 3.05) is 7.11 Å². The van der Waals surface area contributed by atoms with Gasteiger partial charge in [0.1, 0.15) is 0 Å². The molecule has 1 saturated carbocycles. The van der Waals surface area contributed by atoms with Crippen molar-refractivity contribution in [3.8, 4) is 11.5 Å². The topological polar surface area (TPSA) is 35.5 Å². The number of rotatable bonds is 4. The molecular weight excluding hydrogens is 321 g/mol. The van der Waals surface area contributed by atoms with Gasteiger partial charge in [-0.1, -0.05) is 24.6 Å². The molecule has 0 amide bonds. The molecule has 0 heterocycles. The Morgan fingerprint density at radius 3 is 2.62 bits per heavy atom. The summed E-state index contributed by atoms with van der Waals surface area (Å²) in [6, 6.07) is 5.06. The first-order valence-electron chi connectivity index (χ1n) is 7.94. The molecule has 3 nitrogen and oxygen atoms in total. The van der Waals surface area contributed by atoms with E-state index in [9.17, 15) is 18.0 Å². The molecule has 2 unspecified atom stereocenters. The van der Waals surface area contributed by atoms with Crippen LogP contribution in [0.2, 0.25) is 0 Å². The molecule has 0 bridgehead atoms. The smallest absolute Gasteiger partial charge is 0.391 e. The predicted octanol–water partition coefficient (Wildman–Crippen LogP) is 5.00. The fourth-order valence-corrected chi connectivity index (χ4v) is 2.96. The van der Waals surface area contributed by atoms with Gasteiger partial charge in [0.2, 0.25) is 0 Å². The molecule has 2 rings (SSSR count). The van der Waals surface area contributed by atoms with Gasteiger partial charge < -0.3 is 9.47 Å². The van der Waals surface area contributed by atoms with Crippen molar-refractivity contribution in [1.82, 2.24) is 0 Å². The van der Waals surface area contributed by atoms with Crippen molar-refractivity contribution < 1.29 is 27.4 Å². The lowest BCUT2D eigenvalue weighted by Crippen LogP contribution is -2.33. The average Bonchev–Trinajstić information content (AvgIpc) is 2.55. The Labute approximate surface area is 139 Å². The fourth-order valence-electron chi connectivity index (χ4n) is 2.96. The monoisotopic (exact) mass is 342 g/mol. The average molecular weight is 342 g/mol. The van der Waals surface area contributed by atoms with E-state index in [1.807, 2.05) is 19.1 Å². The number of halogens is 3. The molecule has 1 aliphatic rings. The molecule has 132 valence electrons. The standard InChI is InChI=1S/C18H21F3O3/c1-3-5-12-8-9-15(16(10-12)23-2)24-17(22)13-6-4-7-14(11-13)18(19,20)21/h3,5,8-10,13-14H,4,6-7,11H2,1-2H3/b5-3+. The number of alkyl halides is 3. The lowest BCUT2D eigenvalue weighted by Gasteiger charge is -2.29. The fraction of sp³-hybridized carbons (Fsp3) is 0.500. The van der Waals surface area contributed by atoms with Gasteiger partial charge in [-0.25, -0.2) is 0 Å². The van der Waals surface area contributed by atoms with Crippen LogP contribution in [-0.2, 0) is 4.79 Å². The minimum Gasteiger partial charge on any atom is -0.493 e. The summed E-state index contributed by atoms with van der Waals surface area (Å²) in [5.74, 6) is -2.18. The van der Waals surface area contributed by atoms with Crippen LogP contribution in [0.15, 0.2) is 24.3 Å². The quantitative estimate of drug-likeness (QED) is 0.570. The second kappa shape index (κ2) is 7.73. The number of esters is 1. The molecule has 0 saturated heterocycles. The zero-order valence-electron chi connectivity index (χ0n) is 13.7. The Morgan fingerprint density at radius 2 is 2.00 bits per heavy atom. The summed E-state index contributed by atoms with van der Waals surface area (Å²) in [4.78, 5) is 12.3. The van der Waals surface area contributed by atoms with Crippen molar-refractivity contribution in [3.05, 3.63) is 29.8 Å². The van der Waals surface area contributed by atoms with Gasteiger partial charge in [-0.05, 0) is 43.9 Å². The first-order valence-corrected chi connectivity index (χ1v) is 7.94. The highest BCUT2D eigenvalue weighted by atomic mass is 19.4. The minimum atomic E-state index is -4.26. The van der Waals surface area contributed by atoms with Crippen LogP contribution in [0.5, 0.6) is 11.5 Å². The van der Waals surface area contributed by atoms with Crippen LogP contribution in [0.4, 0.5) is 13.2 Å². The highest BCUT2D eigenvalue weighted by Gasteiger charge is 2.44. The van der Waals surface area contributed by atoms with Gasteiger partial charge in [0.05, 0.1) is 18.9 Å². The zero-order chi connectivity index (χ0) is 17.7. The maximum atomic E-state index is 12.9. The number of hydrogen-bond acceptors (Lipinski definition) is 3. The predicted molar refractivity (Wildman–Crippen MR) is 84.8 cm³/mol. The summed E-state index contributed by atoms with van der Waals surface area (Å²) in [5, 5.41) is 0. The summed E-state index contributed by atoms with van der Waals surface area (Å²) < 4.78 is 49.1. The number of hydrogen-bond donors (Lipinski definition) is 0. The van der Waals surface area contributed by atoms with Crippen molar-refractivity contribution in [2.24, 2.45) is 11.8 Å². The molecule has 0 radical (unpaired) electrons. The Morgan fingerprint density at radius 1 is 1.25 bits per heavy atom. The van der Waals surface area contributed by atoms with Crippen LogP contribution in [0.25, 0.3) is 6.08 Å². The summed E-state index contributed by atoms with van der Waals surface area (Å²) in [5.41, 5.74) is 0.879. The third-order valence-corrected chi connectivity index (χ3v) is 4.23. The maximum absolute atomic E-state index is 12.9. The summed E-state index contributed by atoms with van der Waals surface area (Å²) >= 11 is 0. The van der Waals surface area contributed by atoms with Crippen LogP contribution in [0.3, 0.4) is 0 Å². The van der Waals surface area contributed by atoms with Gasteiger partial charge in [0.25, 0.3) is 0 Å². The van der Waals surface area contributed by atoms with Gasteiger partial charge in [0, 0.05) is 0 Å². The van der Waals surface area contributed by atoms with Gasteiger partial charge in [-0.2, -0.15) is 13.2 Å². The van der Waals surface area contributed by atoms with Crippen LogP contribution in [0.1, 0.15) is 38.2 Å². The second-order valence-electron chi connectivity index (χ2n) is 5.93. The minimum absolute atomic E-state index is 0.0780. The molecule has 1 fully saturated rings. The Kier molecular flexibility index (Phi) is 5.91. The molecule has 0 N–H and O–H groups in total. The Hall–Kier alpha value is -1.98. The number of allylic oxidation sites excluding steroid dienone is 1. The summed E-state index contributed by atoms with van der Waals surface area (Å²) in [6.45, 7) is 1.88. The molecular formula is C18H21F3O3. The largest absolute Gasteiger partial charge is 0.493 e. The van der Waals surface area contributed by atoms with E-state index in [0.29, 0.717) is 18.6 Å². The van der Waals surface area contributed by atoms with E-state index < -0.39 is 24.0 Å². The number of benzene rings is 1. The number of carbonyl (C=O) groups excluding carboxylic acids is 1. The van der Waals surface area contributed by atoms with E-state index in [2.05, 4.69) is 0 Å². The maximum Gasteiger partial charge on any atom is 0.391 e. The van der Waals surface area contributed by atoms with Gasteiger partial charge in [0.15, 0.2) is 11.5 Å². The zero-order valence-corrected chi connectivity index (χ0v) is 13.7. The lowest BCUT2D eigenvalue weighted by atomic mass is 9.81. The second-order valence-corrected chi connectivity index (χ2v) is 5.93. The highest BCUT2D eigenvalue weighted by molar-refractivity contribution is 5.76. The molecule has 1 aliphatic carbocycles. The molecule has 1 aromatic rings. The van der Waals surface area contributed by atoms with E-state index >= 15 is 0 Å². The molecule has 0 spiro atoms.